The molecule has 0 unspecified atom stereocenters. The minimum Gasteiger partial charge on any atom is -0.480 e. The zero-order valence-corrected chi connectivity index (χ0v) is 9.68. The third-order valence-corrected chi connectivity index (χ3v) is 3.81. The van der Waals surface area contributed by atoms with Gasteiger partial charge < -0.3 is 10.4 Å². The molecule has 1 aliphatic rings. The first-order chi connectivity index (χ1) is 7.09. The molecule has 5 heteroatoms. The number of aliphatic carboxylic acids is 1. The molecular formula is C10H17NO3S. The highest BCUT2D eigenvalue weighted by molar-refractivity contribution is 7.99. The van der Waals surface area contributed by atoms with Crippen LogP contribution in [0.15, 0.2) is 0 Å². The molecule has 1 atom stereocenters. The number of hydrogen-bond acceptors (Lipinski definition) is 3. The third kappa shape index (κ3) is 4.55. The van der Waals surface area contributed by atoms with Crippen molar-refractivity contribution in [1.29, 1.82) is 0 Å². The molecule has 1 rings (SSSR count). The molecule has 0 saturated heterocycles. The van der Waals surface area contributed by atoms with Gasteiger partial charge in [0.2, 0.25) is 5.91 Å². The van der Waals surface area contributed by atoms with Gasteiger partial charge in [-0.3, -0.25) is 4.79 Å². The fourth-order valence-corrected chi connectivity index (χ4v) is 2.70. The summed E-state index contributed by atoms with van der Waals surface area (Å²) in [4.78, 5) is 21.5. The number of carbonyl (C=O) groups excluding carboxylic acids is 1. The van der Waals surface area contributed by atoms with Crippen molar-refractivity contribution in [2.24, 2.45) is 5.92 Å². The lowest BCUT2D eigenvalue weighted by Crippen LogP contribution is -2.41. The second kappa shape index (κ2) is 6.00. The van der Waals surface area contributed by atoms with Gasteiger partial charge in [-0.05, 0) is 24.5 Å². The van der Waals surface area contributed by atoms with Gasteiger partial charge in [0.05, 0.1) is 0 Å². The van der Waals surface area contributed by atoms with Crippen molar-refractivity contribution < 1.29 is 14.7 Å². The van der Waals surface area contributed by atoms with Crippen LogP contribution in [0.1, 0.15) is 26.2 Å². The van der Waals surface area contributed by atoms with Gasteiger partial charge in [-0.2, -0.15) is 11.8 Å². The van der Waals surface area contributed by atoms with Crippen LogP contribution in [0.5, 0.6) is 0 Å². The van der Waals surface area contributed by atoms with Crippen molar-refractivity contribution in [2.75, 3.05) is 11.5 Å². The highest BCUT2D eigenvalue weighted by Crippen LogP contribution is 2.29. The monoisotopic (exact) mass is 231 g/mol. The van der Waals surface area contributed by atoms with Crippen molar-refractivity contribution >= 4 is 23.6 Å². The molecule has 86 valence electrons. The first-order valence-electron chi connectivity index (χ1n) is 5.17. The summed E-state index contributed by atoms with van der Waals surface area (Å²) >= 11 is 1.62. The average molecular weight is 231 g/mol. The molecule has 1 amide bonds. The van der Waals surface area contributed by atoms with Crippen LogP contribution in [0.2, 0.25) is 0 Å². The van der Waals surface area contributed by atoms with Crippen LogP contribution in [-0.2, 0) is 9.59 Å². The number of carboxylic acids is 1. The molecule has 4 nitrogen and oxygen atoms in total. The van der Waals surface area contributed by atoms with Gasteiger partial charge in [0.25, 0.3) is 0 Å². The van der Waals surface area contributed by atoms with Crippen molar-refractivity contribution in [3.63, 3.8) is 0 Å². The van der Waals surface area contributed by atoms with Crippen LogP contribution in [0.4, 0.5) is 0 Å². The quantitative estimate of drug-likeness (QED) is 0.718. The number of hydrogen-bond donors (Lipinski definition) is 2. The lowest BCUT2D eigenvalue weighted by atomic mass is 9.87. The number of carboxylic acid groups (broad SMARTS) is 1. The number of amides is 1. The molecule has 0 aromatic rings. The molecule has 1 aliphatic carbocycles. The highest BCUT2D eigenvalue weighted by atomic mass is 32.2. The van der Waals surface area contributed by atoms with Crippen LogP contribution >= 0.6 is 11.8 Å². The first-order valence-corrected chi connectivity index (χ1v) is 6.32. The van der Waals surface area contributed by atoms with E-state index in [0.29, 0.717) is 5.75 Å². The zero-order valence-electron chi connectivity index (χ0n) is 8.86. The van der Waals surface area contributed by atoms with E-state index in [9.17, 15) is 9.59 Å². The smallest absolute Gasteiger partial charge is 0.327 e. The van der Waals surface area contributed by atoms with E-state index < -0.39 is 12.0 Å². The van der Waals surface area contributed by atoms with Gasteiger partial charge in [-0.15, -0.1) is 0 Å². The van der Waals surface area contributed by atoms with Crippen LogP contribution < -0.4 is 5.32 Å². The van der Waals surface area contributed by atoms with Crippen LogP contribution in [0.3, 0.4) is 0 Å². The predicted octanol–water partition coefficient (Wildman–Crippen LogP) is 1.11. The Kier molecular flexibility index (Phi) is 4.94. The van der Waals surface area contributed by atoms with Crippen molar-refractivity contribution in [2.45, 2.75) is 32.2 Å². The SMILES string of the molecule is CC(=O)N[C@@H](CSCC1CCC1)C(=O)O. The second-order valence-electron chi connectivity index (χ2n) is 3.93. The Morgan fingerprint density at radius 3 is 2.60 bits per heavy atom. The van der Waals surface area contributed by atoms with Gasteiger partial charge in [0.1, 0.15) is 6.04 Å². The second-order valence-corrected chi connectivity index (χ2v) is 5.00. The fourth-order valence-electron chi connectivity index (χ4n) is 1.43. The van der Waals surface area contributed by atoms with E-state index >= 15 is 0 Å². The maximum Gasteiger partial charge on any atom is 0.327 e. The van der Waals surface area contributed by atoms with E-state index in [4.69, 9.17) is 5.11 Å². The van der Waals surface area contributed by atoms with Gasteiger partial charge in [-0.1, -0.05) is 6.42 Å². The van der Waals surface area contributed by atoms with E-state index in [2.05, 4.69) is 5.32 Å². The van der Waals surface area contributed by atoms with Gasteiger partial charge in [-0.25, -0.2) is 4.79 Å². The predicted molar refractivity (Wildman–Crippen MR) is 59.9 cm³/mol. The molecule has 0 radical (unpaired) electrons. The number of nitrogens with one attached hydrogen (secondary N) is 1. The third-order valence-electron chi connectivity index (χ3n) is 2.54. The zero-order chi connectivity index (χ0) is 11.3. The molecule has 0 aliphatic heterocycles. The van der Waals surface area contributed by atoms with E-state index in [1.165, 1.54) is 26.2 Å². The van der Waals surface area contributed by atoms with E-state index in [0.717, 1.165) is 11.7 Å². The molecule has 15 heavy (non-hydrogen) atoms. The number of rotatable bonds is 6. The van der Waals surface area contributed by atoms with Crippen LogP contribution in [0.25, 0.3) is 0 Å². The van der Waals surface area contributed by atoms with Gasteiger partial charge in [0.15, 0.2) is 0 Å². The maximum absolute atomic E-state index is 10.8. The summed E-state index contributed by atoms with van der Waals surface area (Å²) in [6, 6.07) is -0.743. The van der Waals surface area contributed by atoms with E-state index in [1.54, 1.807) is 11.8 Å². The Bertz CT molecular complexity index is 241. The maximum atomic E-state index is 10.8. The lowest BCUT2D eigenvalue weighted by Gasteiger charge is -2.25. The summed E-state index contributed by atoms with van der Waals surface area (Å²) in [5.41, 5.74) is 0. The molecule has 1 saturated carbocycles. The molecule has 0 bridgehead atoms. The normalized spacial score (nSPS) is 17.9. The van der Waals surface area contributed by atoms with Crippen molar-refractivity contribution in [1.82, 2.24) is 5.32 Å². The Morgan fingerprint density at radius 2 is 2.20 bits per heavy atom. The van der Waals surface area contributed by atoms with Gasteiger partial charge >= 0.3 is 5.97 Å². The first kappa shape index (κ1) is 12.4. The molecule has 1 fully saturated rings. The largest absolute Gasteiger partial charge is 0.480 e. The lowest BCUT2D eigenvalue weighted by molar-refractivity contribution is -0.140. The minimum atomic E-state index is -0.952. The molecule has 0 spiro atoms. The van der Waals surface area contributed by atoms with E-state index in [-0.39, 0.29) is 5.91 Å². The van der Waals surface area contributed by atoms with Crippen molar-refractivity contribution in [3.8, 4) is 0 Å². The summed E-state index contributed by atoms with van der Waals surface area (Å²) < 4.78 is 0. The average Bonchev–Trinajstić information content (AvgIpc) is 2.06. The molecular weight excluding hydrogens is 214 g/mol. The van der Waals surface area contributed by atoms with Crippen LogP contribution in [-0.4, -0.2) is 34.5 Å². The topological polar surface area (TPSA) is 66.4 Å². The summed E-state index contributed by atoms with van der Waals surface area (Å²) in [5, 5.41) is 11.3. The summed E-state index contributed by atoms with van der Waals surface area (Å²) in [6.07, 6.45) is 3.84. The molecule has 0 heterocycles. The summed E-state index contributed by atoms with van der Waals surface area (Å²) in [5.74, 6) is 1.01. The fraction of sp³-hybridized carbons (Fsp3) is 0.800. The highest BCUT2D eigenvalue weighted by Gasteiger charge is 2.21. The Morgan fingerprint density at radius 1 is 1.53 bits per heavy atom. The Hall–Kier alpha value is -0.710. The number of carbonyl (C=O) groups is 2. The standard InChI is InChI=1S/C10H17NO3S/c1-7(12)11-9(10(13)14)6-15-5-8-3-2-4-8/h8-9H,2-6H2,1H3,(H,11,12)(H,13,14)/t9-/m0/s1. The summed E-state index contributed by atoms with van der Waals surface area (Å²) in [6.45, 7) is 1.34. The Balaban J connectivity index is 2.18. The Labute approximate surface area is 93.8 Å². The summed E-state index contributed by atoms with van der Waals surface area (Å²) in [7, 11) is 0. The minimum absolute atomic E-state index is 0.286. The molecule has 0 aromatic heterocycles. The van der Waals surface area contributed by atoms with Gasteiger partial charge in [0, 0.05) is 12.7 Å². The molecule has 2 N–H and O–H groups in total. The number of thioether (sulfide) groups is 1. The van der Waals surface area contributed by atoms with Crippen molar-refractivity contribution in [3.05, 3.63) is 0 Å². The van der Waals surface area contributed by atoms with Crippen LogP contribution in [0, 0.1) is 5.92 Å². The van der Waals surface area contributed by atoms with E-state index in [1.807, 2.05) is 0 Å². The molecule has 0 aromatic carbocycles.